The van der Waals surface area contributed by atoms with Crippen LogP contribution in [0, 0.1) is 5.92 Å². The normalized spacial score (nSPS) is 26.6. The summed E-state index contributed by atoms with van der Waals surface area (Å²) in [4.78, 5) is 4.70. The second kappa shape index (κ2) is 6.17. The summed E-state index contributed by atoms with van der Waals surface area (Å²) in [6, 6.07) is 0. The number of nitrogens with zero attached hydrogens (tertiary/aromatic N) is 1. The van der Waals surface area contributed by atoms with Crippen LogP contribution in [0.15, 0.2) is 4.99 Å². The second-order valence-corrected chi connectivity index (χ2v) is 4.18. The first-order valence-electron chi connectivity index (χ1n) is 5.87. The Morgan fingerprint density at radius 3 is 2.62 bits per heavy atom. The van der Waals surface area contributed by atoms with Crippen LogP contribution in [-0.4, -0.2) is 12.3 Å². The van der Waals surface area contributed by atoms with Gasteiger partial charge in [-0.1, -0.05) is 39.5 Å². The molecule has 0 radical (unpaired) electrons. The summed E-state index contributed by atoms with van der Waals surface area (Å²) in [5, 5.41) is 0. The predicted octanol–water partition coefficient (Wildman–Crippen LogP) is 3.83. The summed E-state index contributed by atoms with van der Waals surface area (Å²) in [7, 11) is 0. The monoisotopic (exact) mass is 181 g/mol. The first-order valence-corrected chi connectivity index (χ1v) is 5.87. The summed E-state index contributed by atoms with van der Waals surface area (Å²) in [5.41, 5.74) is 1.46. The summed E-state index contributed by atoms with van der Waals surface area (Å²) in [6.07, 6.45) is 9.45. The molecule has 0 saturated heterocycles. The molecule has 1 nitrogen and oxygen atoms in total. The molecule has 1 aliphatic rings. The predicted molar refractivity (Wildman–Crippen MR) is 59.5 cm³/mol. The lowest BCUT2D eigenvalue weighted by Crippen LogP contribution is -2.11. The minimum atomic E-state index is 0.739. The highest BCUT2D eigenvalue weighted by Gasteiger charge is 2.08. The van der Waals surface area contributed by atoms with E-state index >= 15 is 0 Å². The molecule has 0 aromatic heterocycles. The van der Waals surface area contributed by atoms with Crippen LogP contribution in [-0.2, 0) is 0 Å². The molecule has 0 aromatic rings. The molecule has 1 unspecified atom stereocenters. The number of aliphatic imine (C=N–C) groups is 1. The van der Waals surface area contributed by atoms with Crippen molar-refractivity contribution in [3.8, 4) is 0 Å². The molecular formula is C12H23N. The van der Waals surface area contributed by atoms with Crippen molar-refractivity contribution >= 4 is 5.71 Å². The Labute approximate surface area is 82.6 Å². The van der Waals surface area contributed by atoms with E-state index in [1.807, 2.05) is 0 Å². The molecule has 1 heterocycles. The van der Waals surface area contributed by atoms with Crippen LogP contribution in [0.2, 0.25) is 0 Å². The van der Waals surface area contributed by atoms with Crippen molar-refractivity contribution < 1.29 is 0 Å². The molecule has 1 aliphatic heterocycles. The van der Waals surface area contributed by atoms with Gasteiger partial charge in [-0.05, 0) is 25.2 Å². The Balaban J connectivity index is 2.48. The van der Waals surface area contributed by atoms with Crippen LogP contribution >= 0.6 is 0 Å². The third-order valence-electron chi connectivity index (χ3n) is 3.04. The molecule has 0 fully saturated rings. The van der Waals surface area contributed by atoms with E-state index in [0.29, 0.717) is 0 Å². The van der Waals surface area contributed by atoms with Crippen molar-refractivity contribution in [2.24, 2.45) is 10.9 Å². The molecule has 13 heavy (non-hydrogen) atoms. The maximum Gasteiger partial charge on any atom is 0.0388 e. The van der Waals surface area contributed by atoms with E-state index < -0.39 is 0 Å². The largest absolute Gasteiger partial charge is 0.294 e. The van der Waals surface area contributed by atoms with Gasteiger partial charge < -0.3 is 0 Å². The molecule has 1 atom stereocenters. The number of hydrogen-bond donors (Lipinski definition) is 0. The third-order valence-corrected chi connectivity index (χ3v) is 3.04. The number of hydrogen-bond acceptors (Lipinski definition) is 1. The van der Waals surface area contributed by atoms with Crippen LogP contribution in [0.5, 0.6) is 0 Å². The summed E-state index contributed by atoms with van der Waals surface area (Å²) in [5.74, 6) is 0.739. The molecule has 0 bridgehead atoms. The number of rotatable bonds is 1. The van der Waals surface area contributed by atoms with Crippen LogP contribution in [0.4, 0.5) is 0 Å². The summed E-state index contributed by atoms with van der Waals surface area (Å²) in [6.45, 7) is 5.65. The van der Waals surface area contributed by atoms with Crippen molar-refractivity contribution in [3.63, 3.8) is 0 Å². The van der Waals surface area contributed by atoms with Crippen molar-refractivity contribution in [2.45, 2.75) is 58.8 Å². The van der Waals surface area contributed by atoms with Crippen molar-refractivity contribution in [1.29, 1.82) is 0 Å². The molecule has 1 rings (SSSR count). The molecule has 0 aliphatic carbocycles. The van der Waals surface area contributed by atoms with Gasteiger partial charge in [0.1, 0.15) is 0 Å². The fraction of sp³-hybridized carbons (Fsp3) is 0.917. The van der Waals surface area contributed by atoms with Crippen LogP contribution in [0.1, 0.15) is 58.8 Å². The molecule has 0 saturated carbocycles. The summed E-state index contributed by atoms with van der Waals surface area (Å²) < 4.78 is 0. The Morgan fingerprint density at radius 2 is 1.85 bits per heavy atom. The molecule has 0 aromatic carbocycles. The Morgan fingerprint density at radius 1 is 1.15 bits per heavy atom. The second-order valence-electron chi connectivity index (χ2n) is 4.18. The maximum atomic E-state index is 4.70. The Bertz CT molecular complexity index is 161. The highest BCUT2D eigenvalue weighted by atomic mass is 14.7. The van der Waals surface area contributed by atoms with Crippen molar-refractivity contribution in [1.82, 2.24) is 0 Å². The average molecular weight is 181 g/mol. The fourth-order valence-corrected chi connectivity index (χ4v) is 2.10. The maximum absolute atomic E-state index is 4.70. The molecule has 0 N–H and O–H groups in total. The fourth-order valence-electron chi connectivity index (χ4n) is 2.10. The zero-order chi connectivity index (χ0) is 9.52. The van der Waals surface area contributed by atoms with Gasteiger partial charge in [0.15, 0.2) is 0 Å². The minimum absolute atomic E-state index is 0.739. The lowest BCUT2D eigenvalue weighted by molar-refractivity contribution is 0.546. The van der Waals surface area contributed by atoms with Crippen LogP contribution < -0.4 is 0 Å². The lowest BCUT2D eigenvalue weighted by atomic mass is 9.95. The van der Waals surface area contributed by atoms with Gasteiger partial charge in [0.25, 0.3) is 0 Å². The van der Waals surface area contributed by atoms with E-state index in [-0.39, 0.29) is 0 Å². The van der Waals surface area contributed by atoms with Gasteiger partial charge in [-0.25, -0.2) is 0 Å². The third kappa shape index (κ3) is 3.93. The van der Waals surface area contributed by atoms with E-state index in [1.54, 1.807) is 0 Å². The molecule has 0 amide bonds. The SMILES string of the molecule is CCC1=NCCCCCCCC1C. The quantitative estimate of drug-likeness (QED) is 0.583. The van der Waals surface area contributed by atoms with Crippen molar-refractivity contribution in [2.75, 3.05) is 6.54 Å². The first kappa shape index (κ1) is 10.7. The van der Waals surface area contributed by atoms with Gasteiger partial charge in [-0.2, -0.15) is 0 Å². The molecule has 0 spiro atoms. The topological polar surface area (TPSA) is 12.4 Å². The molecular weight excluding hydrogens is 158 g/mol. The minimum Gasteiger partial charge on any atom is -0.294 e. The smallest absolute Gasteiger partial charge is 0.0388 e. The van der Waals surface area contributed by atoms with Crippen LogP contribution in [0.25, 0.3) is 0 Å². The molecule has 76 valence electrons. The van der Waals surface area contributed by atoms with E-state index in [4.69, 9.17) is 4.99 Å². The average Bonchev–Trinajstić information content (AvgIpc) is 2.16. The van der Waals surface area contributed by atoms with E-state index in [9.17, 15) is 0 Å². The summed E-state index contributed by atoms with van der Waals surface area (Å²) >= 11 is 0. The van der Waals surface area contributed by atoms with Crippen LogP contribution in [0.3, 0.4) is 0 Å². The van der Waals surface area contributed by atoms with Gasteiger partial charge in [0.05, 0.1) is 0 Å². The Kier molecular flexibility index (Phi) is 5.10. The highest BCUT2D eigenvalue weighted by molar-refractivity contribution is 5.86. The molecule has 1 heteroatoms. The first-order chi connectivity index (χ1) is 6.34. The zero-order valence-corrected chi connectivity index (χ0v) is 9.18. The van der Waals surface area contributed by atoms with E-state index in [0.717, 1.165) is 18.9 Å². The van der Waals surface area contributed by atoms with E-state index in [1.165, 1.54) is 44.2 Å². The van der Waals surface area contributed by atoms with Gasteiger partial charge in [0, 0.05) is 12.3 Å². The van der Waals surface area contributed by atoms with Gasteiger partial charge in [-0.15, -0.1) is 0 Å². The van der Waals surface area contributed by atoms with Crippen molar-refractivity contribution in [3.05, 3.63) is 0 Å². The highest BCUT2D eigenvalue weighted by Crippen LogP contribution is 2.16. The standard InChI is InChI=1S/C12H23N/c1-3-12-11(2)9-7-5-4-6-8-10-13-12/h11H,3-10H2,1-2H3. The van der Waals surface area contributed by atoms with Gasteiger partial charge in [-0.3, -0.25) is 4.99 Å². The lowest BCUT2D eigenvalue weighted by Gasteiger charge is -2.15. The zero-order valence-electron chi connectivity index (χ0n) is 9.18. The Hall–Kier alpha value is -0.330. The van der Waals surface area contributed by atoms with Gasteiger partial charge >= 0.3 is 0 Å². The van der Waals surface area contributed by atoms with Gasteiger partial charge in [0.2, 0.25) is 0 Å². The van der Waals surface area contributed by atoms with E-state index in [2.05, 4.69) is 13.8 Å².